The van der Waals surface area contributed by atoms with Crippen LogP contribution in [0.3, 0.4) is 0 Å². The van der Waals surface area contributed by atoms with Crippen molar-refractivity contribution in [2.75, 3.05) is 80.8 Å². The maximum absolute atomic E-state index is 14.3. The van der Waals surface area contributed by atoms with Gasteiger partial charge in [-0.3, -0.25) is 28.8 Å². The first kappa shape index (κ1) is 73.6. The summed E-state index contributed by atoms with van der Waals surface area (Å²) in [6.07, 6.45) is 8.05. The number of methoxy groups -OCH3 is 4. The minimum Gasteiger partial charge on any atom is -0.439 e. The Kier molecular flexibility index (Phi) is 29.0. The minimum absolute atomic E-state index is 0.131. The topological polar surface area (TPSA) is 339 Å². The van der Waals surface area contributed by atoms with Crippen molar-refractivity contribution in [2.24, 2.45) is 35.1 Å². The van der Waals surface area contributed by atoms with Crippen LogP contribution in [0.15, 0.2) is 117 Å². The van der Waals surface area contributed by atoms with Crippen LogP contribution in [0, 0.1) is 23.7 Å². The van der Waals surface area contributed by atoms with Crippen LogP contribution >= 0.6 is 0 Å². The number of nitrogens with one attached hydrogen (secondary N) is 4. The molecule has 0 aromatic heterocycles. The predicted molar refractivity (Wildman–Crippen MR) is 337 cm³/mol. The summed E-state index contributed by atoms with van der Waals surface area (Å²) in [4.78, 5) is 112. The molecule has 12 atom stereocenters. The molecule has 496 valence electrons. The van der Waals surface area contributed by atoms with Gasteiger partial charge in [-0.1, -0.05) is 76.3 Å². The Morgan fingerprint density at radius 2 is 0.933 bits per heavy atom. The van der Waals surface area contributed by atoms with Crippen molar-refractivity contribution >= 4 is 47.1 Å². The Morgan fingerprint density at radius 1 is 0.578 bits per heavy atom. The third kappa shape index (κ3) is 20.9. The normalized spacial score (nSPS) is 32.1. The molecule has 0 unspecified atom stereocenters. The molecule has 0 radical (unpaired) electrons. The number of ketones is 4. The quantitative estimate of drug-likeness (QED) is 0.0612. The zero-order chi connectivity index (χ0) is 66.5. The zero-order valence-electron chi connectivity index (χ0n) is 54.3. The molecule has 0 saturated carbocycles. The molecular formula is C66H96N8O16. The summed E-state index contributed by atoms with van der Waals surface area (Å²) in [5, 5.41) is 35.0. The van der Waals surface area contributed by atoms with Gasteiger partial charge in [0.25, 0.3) is 11.8 Å². The van der Waals surface area contributed by atoms with Crippen molar-refractivity contribution in [1.29, 1.82) is 0 Å². The van der Waals surface area contributed by atoms with E-state index in [9.17, 15) is 48.6 Å². The fourth-order valence-electron chi connectivity index (χ4n) is 11.8. The van der Waals surface area contributed by atoms with Crippen molar-refractivity contribution in [3.63, 3.8) is 0 Å². The van der Waals surface area contributed by atoms with E-state index in [0.717, 1.165) is 38.3 Å². The van der Waals surface area contributed by atoms with E-state index in [1.54, 1.807) is 78.0 Å². The van der Waals surface area contributed by atoms with Crippen molar-refractivity contribution in [2.45, 2.75) is 143 Å². The largest absolute Gasteiger partial charge is 0.439 e. The summed E-state index contributed by atoms with van der Waals surface area (Å²) in [7, 11) is 5.82. The van der Waals surface area contributed by atoms with E-state index in [1.807, 2.05) is 13.8 Å². The number of allylic oxidation sites excluding steroid dienone is 8. The fraction of sp³-hybridized carbons (Fsp3) is 0.576. The van der Waals surface area contributed by atoms with Gasteiger partial charge in [-0.25, -0.2) is 9.59 Å². The van der Waals surface area contributed by atoms with Crippen LogP contribution in [0.4, 0.5) is 9.59 Å². The molecule has 5 rings (SSSR count). The van der Waals surface area contributed by atoms with Gasteiger partial charge in [-0.15, -0.1) is 0 Å². The zero-order valence-corrected chi connectivity index (χ0v) is 54.3. The first-order chi connectivity index (χ1) is 42.7. The lowest BCUT2D eigenvalue weighted by Gasteiger charge is -2.35. The number of aliphatic hydroxyl groups is 2. The Labute approximate surface area is 528 Å². The van der Waals surface area contributed by atoms with E-state index in [0.29, 0.717) is 63.0 Å². The Morgan fingerprint density at radius 3 is 1.26 bits per heavy atom. The van der Waals surface area contributed by atoms with E-state index in [1.165, 1.54) is 40.6 Å². The van der Waals surface area contributed by atoms with Crippen LogP contribution < -0.4 is 32.7 Å². The number of carbonyl (C=O) groups excluding carboxylic acids is 8. The highest BCUT2D eigenvalue weighted by Crippen LogP contribution is 2.32. The molecule has 5 aliphatic rings. The first-order valence-electron chi connectivity index (χ1n) is 30.8. The molecule has 24 heteroatoms. The molecule has 0 aromatic rings. The number of aliphatic hydroxyl groups excluding tert-OH is 2. The second-order valence-corrected chi connectivity index (χ2v) is 24.1. The summed E-state index contributed by atoms with van der Waals surface area (Å²) in [5.41, 5.74) is 12.8. The van der Waals surface area contributed by atoms with Crippen LogP contribution in [0.25, 0.3) is 0 Å². The number of nitrogens with two attached hydrogens (primary N) is 2. The molecule has 1 saturated heterocycles. The van der Waals surface area contributed by atoms with Gasteiger partial charge in [-0.05, 0) is 102 Å². The van der Waals surface area contributed by atoms with Gasteiger partial charge in [0.05, 0.1) is 47.2 Å². The van der Waals surface area contributed by atoms with E-state index >= 15 is 0 Å². The van der Waals surface area contributed by atoms with E-state index in [4.69, 9.17) is 39.9 Å². The average molecular weight is 1260 g/mol. The van der Waals surface area contributed by atoms with Crippen LogP contribution in [0.2, 0.25) is 0 Å². The van der Waals surface area contributed by atoms with Crippen molar-refractivity contribution in [1.82, 2.24) is 31.1 Å². The molecule has 4 bridgehead atoms. The Hall–Kier alpha value is -7.16. The van der Waals surface area contributed by atoms with Crippen molar-refractivity contribution in [3.8, 4) is 0 Å². The lowest BCUT2D eigenvalue weighted by atomic mass is 9.85. The lowest BCUT2D eigenvalue weighted by molar-refractivity contribution is -0.120. The van der Waals surface area contributed by atoms with Gasteiger partial charge >= 0.3 is 12.2 Å². The molecule has 90 heavy (non-hydrogen) atoms. The lowest BCUT2D eigenvalue weighted by Crippen LogP contribution is -2.47. The number of rotatable bonds is 16. The molecule has 3 heterocycles. The molecular weight excluding hydrogens is 1160 g/mol. The van der Waals surface area contributed by atoms with Crippen molar-refractivity contribution in [3.05, 3.63) is 117 Å². The molecule has 1 fully saturated rings. The van der Waals surface area contributed by atoms with Crippen LogP contribution in [-0.4, -0.2) is 197 Å². The Balaban J connectivity index is 1.22. The van der Waals surface area contributed by atoms with Gasteiger partial charge < -0.3 is 81.2 Å². The number of piperazine rings is 1. The smallest absolute Gasteiger partial charge is 0.405 e. The van der Waals surface area contributed by atoms with Gasteiger partial charge in [0, 0.05) is 114 Å². The number of hydrogen-bond acceptors (Lipinski definition) is 20. The predicted octanol–water partition coefficient (Wildman–Crippen LogP) is 4.11. The molecule has 24 nitrogen and oxygen atoms in total. The first-order valence-corrected chi connectivity index (χ1v) is 30.8. The summed E-state index contributed by atoms with van der Waals surface area (Å²) in [5.74, 6) is -4.75. The minimum atomic E-state index is -1.03. The summed E-state index contributed by atoms with van der Waals surface area (Å²) in [6, 6.07) is 0. The average Bonchev–Trinajstić information content (AvgIpc) is 1.08. The number of ether oxygens (including phenoxy) is 6. The molecule has 10 N–H and O–H groups in total. The Bertz CT molecular complexity index is 2750. The van der Waals surface area contributed by atoms with Gasteiger partial charge in [0.1, 0.15) is 12.2 Å². The van der Waals surface area contributed by atoms with Gasteiger partial charge in [-0.2, -0.15) is 0 Å². The molecule has 4 amide bonds. The highest BCUT2D eigenvalue weighted by Gasteiger charge is 2.37. The highest BCUT2D eigenvalue weighted by molar-refractivity contribution is 6.24. The number of fused-ring (bicyclic) bond motifs is 4. The third-order valence-corrected chi connectivity index (χ3v) is 17.0. The van der Waals surface area contributed by atoms with Crippen LogP contribution in [-0.2, 0) is 57.2 Å². The maximum atomic E-state index is 14.3. The van der Waals surface area contributed by atoms with Crippen LogP contribution in [0.1, 0.15) is 93.9 Å². The second kappa shape index (κ2) is 35.4. The standard InChI is InChI=1S/C66H96N8O16/c1-37-29-45-55(49(75)35-47(59(45)79)71-63(81)39(3)17-13-19-51(85-9)61(89-65(67)83)43(7)33-41(5)57(77)53(31-37)87-11)69-21-15-23-73-25-27-74(28-26-73)24-16-22-70-56-46-30-38(2)32-54(88-12)58(78)42(6)34-44(8)62(90-66(68)84)52(86-10)20-14-18-40(4)64(82)72-48(60(46)80)36-50(56)76/h13-14,17-20,33-38,41-42,51-54,57-58,61-62,69-70,77-78H,15-16,21-32H2,1-12H3,(H2,67,83)(H2,68,84)(H,71,81)(H,72,82)/b19-13-,20-14+,39-17+,40-18-,43-33+,44-34+/t37-,38-,41+,42+,51+,52+,53+,54+,57-,58-,61+,62+/m1/s1. The fourth-order valence-corrected chi connectivity index (χ4v) is 11.8. The number of amides is 4. The summed E-state index contributed by atoms with van der Waals surface area (Å²) in [6.45, 7) is 19.2. The summed E-state index contributed by atoms with van der Waals surface area (Å²) < 4.78 is 33.8. The second-order valence-electron chi connectivity index (χ2n) is 24.1. The van der Waals surface area contributed by atoms with Crippen LogP contribution in [0.5, 0.6) is 0 Å². The van der Waals surface area contributed by atoms with Gasteiger partial charge in [0.2, 0.25) is 23.1 Å². The van der Waals surface area contributed by atoms with E-state index < -0.39 is 108 Å². The monoisotopic (exact) mass is 1260 g/mol. The molecule has 2 aliphatic carbocycles. The molecule has 0 aromatic carbocycles. The van der Waals surface area contributed by atoms with Crippen molar-refractivity contribution < 1.29 is 77.0 Å². The highest BCUT2D eigenvalue weighted by atomic mass is 16.6. The maximum Gasteiger partial charge on any atom is 0.405 e. The number of nitrogens with zero attached hydrogens (tertiary/aromatic N) is 2. The summed E-state index contributed by atoms with van der Waals surface area (Å²) >= 11 is 0. The number of hydrogen-bond donors (Lipinski definition) is 8. The third-order valence-electron chi connectivity index (χ3n) is 17.0. The van der Waals surface area contributed by atoms with E-state index in [2.05, 4.69) is 31.1 Å². The molecule has 0 spiro atoms. The number of Topliss-reactive ketones (excluding diaryl/α,β-unsaturated/α-hetero) is 2. The SMILES string of the molecule is CO[C@H]1/C=C\C=C(/C)C(=O)NC2=CC(=O)C(NCCCN3CCN(CCCNC4=C5C[C@@H](C)C[C@H](OC)[C@H](O)[C@@H](C)/C=C(\C)[C@H](OC(N)=O)[C@@H](OC)/C=C/C=C(/C)C(=O)NC(=CC4=O)C5=O)CC3)=C(C[C@@H](C)C[C@H](OC)[C@H](O)[C@@H](C)/C=C(\C)[C@@H]1OC(N)=O)C2=O. The molecule has 3 aliphatic heterocycles. The number of primary amides is 2. The number of carbonyl (C=O) groups is 8. The van der Waals surface area contributed by atoms with E-state index in [-0.39, 0.29) is 69.8 Å². The van der Waals surface area contributed by atoms with Gasteiger partial charge in [0.15, 0.2) is 12.2 Å².